The number of piperidine rings is 1. The van der Waals surface area contributed by atoms with Gasteiger partial charge in [0.1, 0.15) is 0 Å². The predicted molar refractivity (Wildman–Crippen MR) is 112 cm³/mol. The molecule has 4 nitrogen and oxygen atoms in total. The van der Waals surface area contributed by atoms with Gasteiger partial charge in [0.25, 0.3) is 0 Å². The molecule has 0 bridgehead atoms. The Morgan fingerprint density at radius 3 is 2.71 bits per heavy atom. The van der Waals surface area contributed by atoms with E-state index in [0.29, 0.717) is 12.3 Å². The van der Waals surface area contributed by atoms with Crippen LogP contribution in [0.15, 0.2) is 48.8 Å². The van der Waals surface area contributed by atoms with E-state index in [2.05, 4.69) is 52.0 Å². The summed E-state index contributed by atoms with van der Waals surface area (Å²) in [5.74, 6) is 0.297. The molecule has 4 heteroatoms. The lowest BCUT2D eigenvalue weighted by Crippen LogP contribution is -2.56. The van der Waals surface area contributed by atoms with Crippen LogP contribution in [0.1, 0.15) is 48.8 Å². The van der Waals surface area contributed by atoms with Crippen LogP contribution in [0, 0.1) is 6.92 Å². The molecular weight excluding hydrogens is 346 g/mol. The SMILES string of the molecule is Cc1ccccc1CN1CCCC12CCCN(C(=O)CCc1cccnc1)C2. The van der Waals surface area contributed by atoms with Gasteiger partial charge >= 0.3 is 0 Å². The number of aryl methyl sites for hydroxylation is 2. The number of amides is 1. The lowest BCUT2D eigenvalue weighted by Gasteiger charge is -2.46. The van der Waals surface area contributed by atoms with Gasteiger partial charge < -0.3 is 4.90 Å². The fourth-order valence-electron chi connectivity index (χ4n) is 4.98. The number of rotatable bonds is 5. The molecular formula is C24H31N3O. The van der Waals surface area contributed by atoms with E-state index >= 15 is 0 Å². The number of carbonyl (C=O) groups is 1. The molecule has 28 heavy (non-hydrogen) atoms. The summed E-state index contributed by atoms with van der Waals surface area (Å²) in [5, 5.41) is 0. The maximum absolute atomic E-state index is 12.9. The maximum Gasteiger partial charge on any atom is 0.222 e. The zero-order valence-corrected chi connectivity index (χ0v) is 16.9. The van der Waals surface area contributed by atoms with Crippen LogP contribution in [0.25, 0.3) is 0 Å². The quantitative estimate of drug-likeness (QED) is 0.791. The van der Waals surface area contributed by atoms with E-state index in [1.165, 1.54) is 30.4 Å². The van der Waals surface area contributed by atoms with Crippen LogP contribution in [0.4, 0.5) is 0 Å². The third-order valence-corrected chi connectivity index (χ3v) is 6.62. The highest BCUT2D eigenvalue weighted by Gasteiger charge is 2.44. The van der Waals surface area contributed by atoms with Gasteiger partial charge in [0.2, 0.25) is 5.91 Å². The monoisotopic (exact) mass is 377 g/mol. The summed E-state index contributed by atoms with van der Waals surface area (Å²) in [4.78, 5) is 21.9. The first-order valence-electron chi connectivity index (χ1n) is 10.6. The Balaban J connectivity index is 1.41. The molecule has 0 saturated carbocycles. The van der Waals surface area contributed by atoms with Crippen molar-refractivity contribution in [2.45, 2.75) is 57.5 Å². The second kappa shape index (κ2) is 8.44. The van der Waals surface area contributed by atoms with Crippen LogP contribution in [0.3, 0.4) is 0 Å². The van der Waals surface area contributed by atoms with Crippen molar-refractivity contribution in [2.24, 2.45) is 0 Å². The highest BCUT2D eigenvalue weighted by molar-refractivity contribution is 5.76. The minimum atomic E-state index is 0.171. The number of likely N-dealkylation sites (tertiary alicyclic amines) is 2. The molecule has 1 amide bonds. The number of nitrogens with zero attached hydrogens (tertiary/aromatic N) is 3. The molecule has 2 aliphatic rings. The number of benzene rings is 1. The second-order valence-electron chi connectivity index (χ2n) is 8.46. The lowest BCUT2D eigenvalue weighted by molar-refractivity contribution is -0.135. The van der Waals surface area contributed by atoms with E-state index in [0.717, 1.165) is 44.6 Å². The van der Waals surface area contributed by atoms with Crippen LogP contribution < -0.4 is 0 Å². The van der Waals surface area contributed by atoms with Crippen LogP contribution >= 0.6 is 0 Å². The van der Waals surface area contributed by atoms with Gasteiger partial charge in [-0.2, -0.15) is 0 Å². The highest BCUT2D eigenvalue weighted by Crippen LogP contribution is 2.38. The molecule has 0 aliphatic carbocycles. The van der Waals surface area contributed by atoms with Gasteiger partial charge in [-0.05, 0) is 68.3 Å². The fraction of sp³-hybridized carbons (Fsp3) is 0.500. The molecule has 148 valence electrons. The molecule has 0 radical (unpaired) electrons. The number of aromatic nitrogens is 1. The number of hydrogen-bond donors (Lipinski definition) is 0. The van der Waals surface area contributed by atoms with Crippen LogP contribution in [-0.2, 0) is 17.8 Å². The van der Waals surface area contributed by atoms with Crippen molar-refractivity contribution in [3.8, 4) is 0 Å². The van der Waals surface area contributed by atoms with E-state index in [1.54, 1.807) is 6.20 Å². The Morgan fingerprint density at radius 2 is 1.93 bits per heavy atom. The Bertz CT molecular complexity index is 807. The number of carbonyl (C=O) groups excluding carboxylic acids is 1. The van der Waals surface area contributed by atoms with Gasteiger partial charge in [0.05, 0.1) is 0 Å². The molecule has 1 spiro atoms. The average Bonchev–Trinajstić information content (AvgIpc) is 3.10. The van der Waals surface area contributed by atoms with Crippen LogP contribution in [-0.4, -0.2) is 45.9 Å². The summed E-state index contributed by atoms with van der Waals surface area (Å²) in [6.07, 6.45) is 9.79. The van der Waals surface area contributed by atoms with Crippen molar-refractivity contribution < 1.29 is 4.79 Å². The second-order valence-corrected chi connectivity index (χ2v) is 8.46. The molecule has 1 atom stereocenters. The molecule has 2 aromatic rings. The van der Waals surface area contributed by atoms with Crippen molar-refractivity contribution in [1.29, 1.82) is 0 Å². The summed E-state index contributed by atoms with van der Waals surface area (Å²) in [7, 11) is 0. The first kappa shape index (κ1) is 19.1. The maximum atomic E-state index is 12.9. The molecule has 3 heterocycles. The van der Waals surface area contributed by atoms with Crippen molar-refractivity contribution in [3.63, 3.8) is 0 Å². The van der Waals surface area contributed by atoms with E-state index < -0.39 is 0 Å². The van der Waals surface area contributed by atoms with Crippen molar-refractivity contribution >= 4 is 5.91 Å². The summed E-state index contributed by atoms with van der Waals surface area (Å²) < 4.78 is 0. The standard InChI is InChI=1S/C24H31N3O/c1-20-7-2-3-9-22(20)18-27-16-6-13-24(27)12-5-15-26(19-24)23(28)11-10-21-8-4-14-25-17-21/h2-4,7-9,14,17H,5-6,10-13,15-16,18-19H2,1H3. The van der Waals surface area contributed by atoms with Gasteiger partial charge in [-0.25, -0.2) is 0 Å². The molecule has 4 rings (SSSR count). The summed E-state index contributed by atoms with van der Waals surface area (Å²) in [6, 6.07) is 12.7. The zero-order chi connectivity index (χ0) is 19.4. The fourth-order valence-corrected chi connectivity index (χ4v) is 4.98. The van der Waals surface area contributed by atoms with Crippen molar-refractivity contribution in [1.82, 2.24) is 14.8 Å². The van der Waals surface area contributed by atoms with E-state index in [1.807, 2.05) is 12.3 Å². The lowest BCUT2D eigenvalue weighted by atomic mass is 9.85. The van der Waals surface area contributed by atoms with Crippen LogP contribution in [0.5, 0.6) is 0 Å². The molecule has 1 aromatic heterocycles. The first-order valence-corrected chi connectivity index (χ1v) is 10.6. The molecule has 0 N–H and O–H groups in total. The third kappa shape index (κ3) is 4.12. The zero-order valence-electron chi connectivity index (χ0n) is 16.9. The number of pyridine rings is 1. The van der Waals surface area contributed by atoms with E-state index in [-0.39, 0.29) is 5.54 Å². The predicted octanol–water partition coefficient (Wildman–Crippen LogP) is 3.98. The molecule has 2 aliphatic heterocycles. The Hall–Kier alpha value is -2.20. The van der Waals surface area contributed by atoms with E-state index in [4.69, 9.17) is 0 Å². The molecule has 1 unspecified atom stereocenters. The van der Waals surface area contributed by atoms with Crippen molar-refractivity contribution in [2.75, 3.05) is 19.6 Å². The summed E-state index contributed by atoms with van der Waals surface area (Å²) >= 11 is 0. The minimum absolute atomic E-state index is 0.171. The largest absolute Gasteiger partial charge is 0.341 e. The summed E-state index contributed by atoms with van der Waals surface area (Å²) in [6.45, 7) is 6.15. The number of hydrogen-bond acceptors (Lipinski definition) is 3. The molecule has 2 fully saturated rings. The molecule has 1 aromatic carbocycles. The molecule has 2 saturated heterocycles. The highest BCUT2D eigenvalue weighted by atomic mass is 16.2. The van der Waals surface area contributed by atoms with Gasteiger partial charge in [-0.1, -0.05) is 30.3 Å². The first-order chi connectivity index (χ1) is 13.7. The Labute approximate surface area is 168 Å². The Kier molecular flexibility index (Phi) is 5.77. The van der Waals surface area contributed by atoms with Gasteiger partial charge in [0, 0.05) is 44.0 Å². The minimum Gasteiger partial charge on any atom is -0.341 e. The smallest absolute Gasteiger partial charge is 0.222 e. The topological polar surface area (TPSA) is 36.4 Å². The van der Waals surface area contributed by atoms with Crippen molar-refractivity contribution in [3.05, 3.63) is 65.5 Å². The van der Waals surface area contributed by atoms with Gasteiger partial charge in [0.15, 0.2) is 0 Å². The Morgan fingerprint density at radius 1 is 1.11 bits per heavy atom. The van der Waals surface area contributed by atoms with Gasteiger partial charge in [-0.3, -0.25) is 14.7 Å². The normalized spacial score (nSPS) is 22.7. The average molecular weight is 378 g/mol. The van der Waals surface area contributed by atoms with Crippen LogP contribution in [0.2, 0.25) is 0 Å². The third-order valence-electron chi connectivity index (χ3n) is 6.62. The van der Waals surface area contributed by atoms with Gasteiger partial charge in [-0.15, -0.1) is 0 Å². The summed E-state index contributed by atoms with van der Waals surface area (Å²) in [5.41, 5.74) is 4.10. The van der Waals surface area contributed by atoms with E-state index in [9.17, 15) is 4.79 Å².